The maximum atomic E-state index is 6.48. The highest BCUT2D eigenvalue weighted by Crippen LogP contribution is 2.44. The largest absolute Gasteiger partial charge is 0.317 e. The zero-order chi connectivity index (χ0) is 15.4. The lowest BCUT2D eigenvalue weighted by atomic mass is 9.69. The first kappa shape index (κ1) is 16.8. The van der Waals surface area contributed by atoms with Crippen LogP contribution in [0.5, 0.6) is 0 Å². The van der Waals surface area contributed by atoms with Crippen LogP contribution in [0.25, 0.3) is 0 Å². The summed E-state index contributed by atoms with van der Waals surface area (Å²) in [6.45, 7) is 12.1. The summed E-state index contributed by atoms with van der Waals surface area (Å²) in [5, 5.41) is 8.85. The Bertz CT molecular complexity index is 441. The maximum absolute atomic E-state index is 6.48. The van der Waals surface area contributed by atoms with Crippen molar-refractivity contribution in [3.05, 3.63) is 16.9 Å². The van der Waals surface area contributed by atoms with Gasteiger partial charge in [-0.05, 0) is 57.0 Å². The second kappa shape index (κ2) is 7.64. The highest BCUT2D eigenvalue weighted by atomic mass is 35.5. The van der Waals surface area contributed by atoms with E-state index in [9.17, 15) is 0 Å². The molecule has 1 fully saturated rings. The summed E-state index contributed by atoms with van der Waals surface area (Å²) in [6.07, 6.45) is 5.72. The Morgan fingerprint density at radius 3 is 2.76 bits per heavy atom. The van der Waals surface area contributed by atoms with Crippen LogP contribution >= 0.6 is 11.6 Å². The average Bonchev–Trinajstić information content (AvgIpc) is 2.85. The summed E-state index contributed by atoms with van der Waals surface area (Å²) in [5.74, 6) is 2.79. The predicted molar refractivity (Wildman–Crippen MR) is 89.9 cm³/mol. The van der Waals surface area contributed by atoms with Crippen molar-refractivity contribution in [2.24, 2.45) is 17.8 Å². The van der Waals surface area contributed by atoms with E-state index in [2.05, 4.69) is 42.8 Å². The number of nitrogens with one attached hydrogen (secondary N) is 1. The van der Waals surface area contributed by atoms with Crippen LogP contribution in [0.4, 0.5) is 0 Å². The van der Waals surface area contributed by atoms with Gasteiger partial charge in [0.2, 0.25) is 0 Å². The van der Waals surface area contributed by atoms with Crippen molar-refractivity contribution < 1.29 is 0 Å². The van der Waals surface area contributed by atoms with Gasteiger partial charge in [0, 0.05) is 12.5 Å². The Morgan fingerprint density at radius 2 is 2.14 bits per heavy atom. The fourth-order valence-electron chi connectivity index (χ4n) is 3.77. The summed E-state index contributed by atoms with van der Waals surface area (Å²) in [5.41, 5.74) is 1.27. The molecule has 1 aliphatic carbocycles. The van der Waals surface area contributed by atoms with Gasteiger partial charge in [0.15, 0.2) is 0 Å². The van der Waals surface area contributed by atoms with E-state index in [0.717, 1.165) is 36.5 Å². The van der Waals surface area contributed by atoms with Crippen LogP contribution in [0.1, 0.15) is 58.6 Å². The zero-order valence-electron chi connectivity index (χ0n) is 13.9. The van der Waals surface area contributed by atoms with Gasteiger partial charge in [-0.15, -0.1) is 0 Å². The van der Waals surface area contributed by atoms with Gasteiger partial charge in [-0.1, -0.05) is 32.4 Å². The van der Waals surface area contributed by atoms with Gasteiger partial charge < -0.3 is 5.32 Å². The van der Waals surface area contributed by atoms with Crippen molar-refractivity contribution in [1.82, 2.24) is 15.1 Å². The molecule has 1 saturated carbocycles. The van der Waals surface area contributed by atoms with Gasteiger partial charge in [-0.2, -0.15) is 5.10 Å². The lowest BCUT2D eigenvalue weighted by Gasteiger charge is -2.38. The lowest BCUT2D eigenvalue weighted by Crippen LogP contribution is -2.34. The second-order valence-electron chi connectivity index (χ2n) is 6.68. The van der Waals surface area contributed by atoms with Crippen molar-refractivity contribution in [2.45, 2.75) is 59.4 Å². The third-order valence-electron chi connectivity index (χ3n) is 5.12. The van der Waals surface area contributed by atoms with Crippen molar-refractivity contribution in [3.8, 4) is 0 Å². The van der Waals surface area contributed by atoms with Crippen LogP contribution in [0.2, 0.25) is 5.02 Å². The molecule has 0 saturated heterocycles. The molecule has 3 nitrogen and oxygen atoms in total. The highest BCUT2D eigenvalue weighted by molar-refractivity contribution is 6.31. The molecule has 0 aromatic carbocycles. The van der Waals surface area contributed by atoms with Crippen molar-refractivity contribution in [2.75, 3.05) is 13.1 Å². The van der Waals surface area contributed by atoms with Gasteiger partial charge in [0.05, 0.1) is 16.9 Å². The van der Waals surface area contributed by atoms with E-state index in [0.29, 0.717) is 11.8 Å². The molecule has 2 rings (SSSR count). The number of rotatable bonds is 6. The minimum Gasteiger partial charge on any atom is -0.317 e. The van der Waals surface area contributed by atoms with Crippen LogP contribution in [0.15, 0.2) is 6.20 Å². The summed E-state index contributed by atoms with van der Waals surface area (Å²) >= 11 is 6.48. The van der Waals surface area contributed by atoms with Crippen LogP contribution in [-0.2, 0) is 6.54 Å². The van der Waals surface area contributed by atoms with Crippen LogP contribution < -0.4 is 5.32 Å². The Balaban J connectivity index is 2.25. The van der Waals surface area contributed by atoms with Crippen LogP contribution in [0, 0.1) is 17.8 Å². The SMILES string of the molecule is CCNCC1CCC(C(C)C)CC1c1c(Cl)cnn1CC. The van der Waals surface area contributed by atoms with Crippen molar-refractivity contribution in [1.29, 1.82) is 0 Å². The molecule has 21 heavy (non-hydrogen) atoms. The molecular weight excluding hydrogens is 282 g/mol. The number of aryl methyl sites for hydroxylation is 1. The van der Waals surface area contributed by atoms with E-state index in [-0.39, 0.29) is 0 Å². The molecule has 1 aliphatic rings. The minimum atomic E-state index is 0.542. The van der Waals surface area contributed by atoms with Gasteiger partial charge in [-0.3, -0.25) is 4.68 Å². The van der Waals surface area contributed by atoms with E-state index in [1.54, 1.807) is 0 Å². The maximum Gasteiger partial charge on any atom is 0.0820 e. The molecule has 120 valence electrons. The van der Waals surface area contributed by atoms with Crippen molar-refractivity contribution in [3.63, 3.8) is 0 Å². The lowest BCUT2D eigenvalue weighted by molar-refractivity contribution is 0.185. The quantitative estimate of drug-likeness (QED) is 0.848. The number of hydrogen-bond acceptors (Lipinski definition) is 2. The van der Waals surface area contributed by atoms with E-state index in [1.165, 1.54) is 25.0 Å². The monoisotopic (exact) mass is 311 g/mol. The summed E-state index contributed by atoms with van der Waals surface area (Å²) in [4.78, 5) is 0. The zero-order valence-corrected chi connectivity index (χ0v) is 14.7. The summed E-state index contributed by atoms with van der Waals surface area (Å²) in [6, 6.07) is 0. The highest BCUT2D eigenvalue weighted by Gasteiger charge is 2.35. The van der Waals surface area contributed by atoms with E-state index >= 15 is 0 Å². The normalized spacial score (nSPS) is 26.5. The third kappa shape index (κ3) is 3.81. The van der Waals surface area contributed by atoms with Crippen LogP contribution in [0.3, 0.4) is 0 Å². The first-order valence-electron chi connectivity index (χ1n) is 8.50. The molecule has 0 amide bonds. The molecule has 0 spiro atoms. The molecule has 0 bridgehead atoms. The van der Waals surface area contributed by atoms with Crippen LogP contribution in [-0.4, -0.2) is 22.9 Å². The fraction of sp³-hybridized carbons (Fsp3) is 0.824. The number of aromatic nitrogens is 2. The van der Waals surface area contributed by atoms with Gasteiger partial charge in [0.25, 0.3) is 0 Å². The molecule has 1 heterocycles. The fourth-order valence-corrected chi connectivity index (χ4v) is 4.05. The number of nitrogens with zero attached hydrogens (tertiary/aromatic N) is 2. The molecule has 1 aromatic heterocycles. The minimum absolute atomic E-state index is 0.542. The smallest absolute Gasteiger partial charge is 0.0820 e. The van der Waals surface area contributed by atoms with E-state index in [4.69, 9.17) is 11.6 Å². The van der Waals surface area contributed by atoms with Gasteiger partial charge in [-0.25, -0.2) is 0 Å². The van der Waals surface area contributed by atoms with E-state index in [1.807, 2.05) is 6.20 Å². The molecule has 1 aromatic rings. The molecule has 1 N–H and O–H groups in total. The molecule has 4 heteroatoms. The molecular formula is C17H30ClN3. The predicted octanol–water partition coefficient (Wildman–Crippen LogP) is 4.32. The number of hydrogen-bond donors (Lipinski definition) is 1. The standard InChI is InChI=1S/C17H30ClN3/c1-5-19-10-14-8-7-13(12(3)4)9-15(14)17-16(18)11-20-21(17)6-2/h11-15,19H,5-10H2,1-4H3. The molecule has 3 atom stereocenters. The van der Waals surface area contributed by atoms with Gasteiger partial charge >= 0.3 is 0 Å². The molecule has 3 unspecified atom stereocenters. The molecule has 0 aliphatic heterocycles. The molecule has 0 radical (unpaired) electrons. The third-order valence-corrected chi connectivity index (χ3v) is 5.41. The average molecular weight is 312 g/mol. The number of halogens is 1. The second-order valence-corrected chi connectivity index (χ2v) is 7.09. The van der Waals surface area contributed by atoms with E-state index < -0.39 is 0 Å². The Morgan fingerprint density at radius 1 is 1.38 bits per heavy atom. The first-order valence-corrected chi connectivity index (χ1v) is 8.88. The summed E-state index contributed by atoms with van der Waals surface area (Å²) in [7, 11) is 0. The Labute approximate surface area is 134 Å². The topological polar surface area (TPSA) is 29.9 Å². The summed E-state index contributed by atoms with van der Waals surface area (Å²) < 4.78 is 2.11. The Kier molecular flexibility index (Phi) is 6.12. The van der Waals surface area contributed by atoms with Crippen molar-refractivity contribution >= 4 is 11.6 Å². The van der Waals surface area contributed by atoms with Gasteiger partial charge in [0.1, 0.15) is 0 Å². The Hall–Kier alpha value is -0.540. The first-order chi connectivity index (χ1) is 10.1.